The number of urea groups is 1. The van der Waals surface area contributed by atoms with Crippen LogP contribution >= 0.6 is 0 Å². The molecule has 0 saturated heterocycles. The summed E-state index contributed by atoms with van der Waals surface area (Å²) in [5.41, 5.74) is 7.26. The second kappa shape index (κ2) is 5.84. The highest BCUT2D eigenvalue weighted by molar-refractivity contribution is 7.90. The molecule has 7 heteroatoms. The van der Waals surface area contributed by atoms with Crippen molar-refractivity contribution in [2.45, 2.75) is 4.90 Å². The molecule has 0 aliphatic heterocycles. The number of nitrogens with two attached hydrogens (primary N) is 1. The van der Waals surface area contributed by atoms with Crippen molar-refractivity contribution in [2.24, 2.45) is 0 Å². The molecule has 6 nitrogen and oxygen atoms in total. The first-order chi connectivity index (χ1) is 9.84. The summed E-state index contributed by atoms with van der Waals surface area (Å²) in [6.07, 6.45) is 1.13. The molecule has 2 amide bonds. The average molecular weight is 305 g/mol. The molecule has 0 atom stereocenters. The molecular weight excluding hydrogens is 290 g/mol. The lowest BCUT2D eigenvalue weighted by atomic mass is 10.3. The van der Waals surface area contributed by atoms with Gasteiger partial charge in [0.1, 0.15) is 0 Å². The molecule has 0 spiro atoms. The zero-order valence-corrected chi connectivity index (χ0v) is 12.1. The summed E-state index contributed by atoms with van der Waals surface area (Å²) in [6.45, 7) is 0. The van der Waals surface area contributed by atoms with Gasteiger partial charge in [-0.25, -0.2) is 13.2 Å². The third kappa shape index (κ3) is 4.22. The highest BCUT2D eigenvalue weighted by atomic mass is 32.2. The zero-order chi connectivity index (χ0) is 15.5. The van der Waals surface area contributed by atoms with Gasteiger partial charge < -0.3 is 16.4 Å². The lowest BCUT2D eigenvalue weighted by molar-refractivity contribution is 0.262. The molecule has 0 aliphatic carbocycles. The van der Waals surface area contributed by atoms with E-state index in [1.165, 1.54) is 24.3 Å². The van der Waals surface area contributed by atoms with Crippen LogP contribution in [0.3, 0.4) is 0 Å². The van der Waals surface area contributed by atoms with Crippen molar-refractivity contribution < 1.29 is 13.2 Å². The molecule has 0 saturated carbocycles. The molecule has 2 rings (SSSR count). The second-order valence-corrected chi connectivity index (χ2v) is 6.51. The van der Waals surface area contributed by atoms with E-state index < -0.39 is 15.9 Å². The van der Waals surface area contributed by atoms with E-state index in [0.717, 1.165) is 6.26 Å². The Hall–Kier alpha value is -2.54. The number of carbonyl (C=O) groups is 1. The van der Waals surface area contributed by atoms with Gasteiger partial charge in [-0.2, -0.15) is 0 Å². The Morgan fingerprint density at radius 3 is 1.76 bits per heavy atom. The molecule has 110 valence electrons. The largest absolute Gasteiger partial charge is 0.399 e. The highest BCUT2D eigenvalue weighted by Gasteiger charge is 2.07. The summed E-state index contributed by atoms with van der Waals surface area (Å²) in [5.74, 6) is 0. The van der Waals surface area contributed by atoms with Gasteiger partial charge in [0.25, 0.3) is 0 Å². The first kappa shape index (κ1) is 14.9. The van der Waals surface area contributed by atoms with Crippen molar-refractivity contribution >= 4 is 32.9 Å². The van der Waals surface area contributed by atoms with E-state index in [-0.39, 0.29) is 4.90 Å². The van der Waals surface area contributed by atoms with Crippen molar-refractivity contribution in [3.05, 3.63) is 48.5 Å². The molecule has 2 aromatic rings. The minimum atomic E-state index is -3.24. The molecule has 21 heavy (non-hydrogen) atoms. The van der Waals surface area contributed by atoms with Crippen LogP contribution in [-0.2, 0) is 9.84 Å². The van der Waals surface area contributed by atoms with Crippen LogP contribution in [0.2, 0.25) is 0 Å². The van der Waals surface area contributed by atoms with Crippen molar-refractivity contribution in [1.82, 2.24) is 0 Å². The maximum absolute atomic E-state index is 11.8. The molecular formula is C14H15N3O3S. The van der Waals surface area contributed by atoms with Gasteiger partial charge in [0.2, 0.25) is 0 Å². The van der Waals surface area contributed by atoms with Crippen LogP contribution in [0.25, 0.3) is 0 Å². The van der Waals surface area contributed by atoms with Crippen molar-refractivity contribution in [3.63, 3.8) is 0 Å². The highest BCUT2D eigenvalue weighted by Crippen LogP contribution is 2.15. The van der Waals surface area contributed by atoms with Crippen LogP contribution in [0.4, 0.5) is 21.9 Å². The number of carbonyl (C=O) groups excluding carboxylic acids is 1. The van der Waals surface area contributed by atoms with Gasteiger partial charge >= 0.3 is 6.03 Å². The zero-order valence-electron chi connectivity index (χ0n) is 11.3. The second-order valence-electron chi connectivity index (χ2n) is 4.50. The Balaban J connectivity index is 2.01. The third-order valence-electron chi connectivity index (χ3n) is 2.71. The average Bonchev–Trinajstić information content (AvgIpc) is 2.41. The Morgan fingerprint density at radius 1 is 0.905 bits per heavy atom. The van der Waals surface area contributed by atoms with Gasteiger partial charge in [-0.3, -0.25) is 0 Å². The van der Waals surface area contributed by atoms with Gasteiger partial charge in [0, 0.05) is 23.3 Å². The van der Waals surface area contributed by atoms with E-state index in [4.69, 9.17) is 5.73 Å². The Bertz CT molecular complexity index is 738. The van der Waals surface area contributed by atoms with E-state index >= 15 is 0 Å². The Morgan fingerprint density at radius 2 is 1.33 bits per heavy atom. The monoisotopic (exact) mass is 305 g/mol. The van der Waals surface area contributed by atoms with Crippen LogP contribution < -0.4 is 16.4 Å². The van der Waals surface area contributed by atoms with Gasteiger partial charge in [0.05, 0.1) is 4.90 Å². The first-order valence-electron chi connectivity index (χ1n) is 6.08. The first-order valence-corrected chi connectivity index (χ1v) is 7.97. The van der Waals surface area contributed by atoms with Crippen LogP contribution in [0.15, 0.2) is 53.4 Å². The maximum Gasteiger partial charge on any atom is 0.323 e. The number of nitrogen functional groups attached to an aromatic ring is 1. The molecule has 0 radical (unpaired) electrons. The number of hydrogen-bond acceptors (Lipinski definition) is 4. The summed E-state index contributed by atoms with van der Waals surface area (Å²) in [7, 11) is -3.24. The molecule has 2 aromatic carbocycles. The summed E-state index contributed by atoms with van der Waals surface area (Å²) >= 11 is 0. The van der Waals surface area contributed by atoms with E-state index in [2.05, 4.69) is 10.6 Å². The van der Waals surface area contributed by atoms with E-state index in [1.54, 1.807) is 24.3 Å². The lowest BCUT2D eigenvalue weighted by Gasteiger charge is -2.08. The molecule has 0 bridgehead atoms. The lowest BCUT2D eigenvalue weighted by Crippen LogP contribution is -2.19. The van der Waals surface area contributed by atoms with Gasteiger partial charge in [0.15, 0.2) is 9.84 Å². The van der Waals surface area contributed by atoms with Gasteiger partial charge in [-0.1, -0.05) is 0 Å². The predicted molar refractivity (Wildman–Crippen MR) is 83.0 cm³/mol. The van der Waals surface area contributed by atoms with Crippen molar-refractivity contribution in [2.75, 3.05) is 22.6 Å². The van der Waals surface area contributed by atoms with Crippen molar-refractivity contribution in [1.29, 1.82) is 0 Å². The third-order valence-corrected chi connectivity index (χ3v) is 3.84. The summed E-state index contributed by atoms with van der Waals surface area (Å²) in [6, 6.07) is 12.2. The van der Waals surface area contributed by atoms with E-state index in [1.807, 2.05) is 0 Å². The Kier molecular flexibility index (Phi) is 4.13. The van der Waals surface area contributed by atoms with Crippen LogP contribution in [0.5, 0.6) is 0 Å². The molecule has 0 unspecified atom stereocenters. The predicted octanol–water partition coefficient (Wildman–Crippen LogP) is 2.32. The summed E-state index contributed by atoms with van der Waals surface area (Å²) in [5, 5.41) is 5.25. The number of rotatable bonds is 3. The van der Waals surface area contributed by atoms with E-state index in [9.17, 15) is 13.2 Å². The van der Waals surface area contributed by atoms with E-state index in [0.29, 0.717) is 17.1 Å². The van der Waals surface area contributed by atoms with Gasteiger partial charge in [-0.15, -0.1) is 0 Å². The maximum atomic E-state index is 11.8. The van der Waals surface area contributed by atoms with Crippen molar-refractivity contribution in [3.8, 4) is 0 Å². The minimum Gasteiger partial charge on any atom is -0.399 e. The Labute approximate surface area is 122 Å². The normalized spacial score (nSPS) is 10.9. The minimum absolute atomic E-state index is 0.201. The number of anilines is 3. The summed E-state index contributed by atoms with van der Waals surface area (Å²) in [4.78, 5) is 12.0. The molecule has 0 fully saturated rings. The quantitative estimate of drug-likeness (QED) is 0.757. The number of benzene rings is 2. The SMILES string of the molecule is CS(=O)(=O)c1ccc(NC(=O)Nc2ccc(N)cc2)cc1. The number of amides is 2. The molecule has 4 N–H and O–H groups in total. The fourth-order valence-corrected chi connectivity index (χ4v) is 2.28. The molecule has 0 aromatic heterocycles. The van der Waals surface area contributed by atoms with Crippen LogP contribution in [0, 0.1) is 0 Å². The van der Waals surface area contributed by atoms with Gasteiger partial charge in [-0.05, 0) is 48.5 Å². The fourth-order valence-electron chi connectivity index (χ4n) is 1.65. The molecule has 0 heterocycles. The summed E-state index contributed by atoms with van der Waals surface area (Å²) < 4.78 is 22.7. The smallest absolute Gasteiger partial charge is 0.323 e. The number of nitrogens with one attached hydrogen (secondary N) is 2. The molecule has 0 aliphatic rings. The fraction of sp³-hybridized carbons (Fsp3) is 0.0714. The number of sulfone groups is 1. The number of hydrogen-bond donors (Lipinski definition) is 3. The topological polar surface area (TPSA) is 101 Å². The van der Waals surface area contributed by atoms with Crippen LogP contribution in [-0.4, -0.2) is 20.7 Å². The standard InChI is InChI=1S/C14H15N3O3S/c1-21(19,20)13-8-6-12(7-9-13)17-14(18)16-11-4-2-10(15)3-5-11/h2-9H,15H2,1H3,(H2,16,17,18). The van der Waals surface area contributed by atoms with Crippen LogP contribution in [0.1, 0.15) is 0 Å².